The molecule has 0 unspecified atom stereocenters. The number of rotatable bonds is 4. The molecule has 10 nitrogen and oxygen atoms in total. The van der Waals surface area contributed by atoms with Gasteiger partial charge in [-0.2, -0.15) is 0 Å². The highest BCUT2D eigenvalue weighted by Crippen LogP contribution is 2.59. The number of hydrogen-bond acceptors (Lipinski definition) is 7. The number of cyclic esters (lactones) is 1. The summed E-state index contributed by atoms with van der Waals surface area (Å²) >= 11 is 3.61. The number of benzene rings is 3. The second kappa shape index (κ2) is 13.4. The highest BCUT2D eigenvalue weighted by molar-refractivity contribution is 9.11. The smallest absolute Gasteiger partial charge is 0.313 e. The summed E-state index contributed by atoms with van der Waals surface area (Å²) < 4.78 is 13.5. The van der Waals surface area contributed by atoms with E-state index in [0.717, 1.165) is 10.8 Å². The van der Waals surface area contributed by atoms with Gasteiger partial charge in [0.1, 0.15) is 29.8 Å². The van der Waals surface area contributed by atoms with E-state index in [1.54, 1.807) is 29.8 Å². The first-order valence-electron chi connectivity index (χ1n) is 17.0. The zero-order valence-corrected chi connectivity index (χ0v) is 29.7. The van der Waals surface area contributed by atoms with Crippen LogP contribution in [0.2, 0.25) is 0 Å². The molecule has 0 aliphatic carbocycles. The minimum atomic E-state index is -1.50. The van der Waals surface area contributed by atoms with Gasteiger partial charge >= 0.3 is 5.97 Å². The molecule has 1 N–H and O–H groups in total. The van der Waals surface area contributed by atoms with E-state index in [-0.39, 0.29) is 18.9 Å². The van der Waals surface area contributed by atoms with Crippen LogP contribution in [0.5, 0.6) is 0 Å². The van der Waals surface area contributed by atoms with Crippen LogP contribution in [-0.2, 0) is 28.7 Å². The lowest BCUT2D eigenvalue weighted by Gasteiger charge is -2.37. The molecule has 2 saturated heterocycles. The zero-order chi connectivity index (χ0) is 35.3. The molecule has 1 spiro atoms. The third-order valence-electron chi connectivity index (χ3n) is 10.7. The third-order valence-corrected chi connectivity index (χ3v) is 11.4. The van der Waals surface area contributed by atoms with Gasteiger partial charge in [0.25, 0.3) is 5.91 Å². The van der Waals surface area contributed by atoms with Crippen LogP contribution in [0.3, 0.4) is 0 Å². The van der Waals surface area contributed by atoms with Crippen molar-refractivity contribution in [3.05, 3.63) is 101 Å². The van der Waals surface area contributed by atoms with E-state index in [1.165, 1.54) is 4.90 Å². The molecule has 4 heterocycles. The zero-order valence-electron chi connectivity index (χ0n) is 28.1. The Bertz CT molecular complexity index is 1900. The maximum atomic E-state index is 15.1. The monoisotopic (exact) mass is 741 g/mol. The van der Waals surface area contributed by atoms with Gasteiger partial charge in [-0.3, -0.25) is 19.2 Å². The van der Waals surface area contributed by atoms with Gasteiger partial charge in [0.2, 0.25) is 11.8 Å². The molecule has 5 bridgehead atoms. The lowest BCUT2D eigenvalue weighted by Crippen LogP contribution is -2.58. The van der Waals surface area contributed by atoms with Crippen molar-refractivity contribution in [1.82, 2.24) is 9.80 Å². The molecule has 3 aromatic carbocycles. The van der Waals surface area contributed by atoms with Crippen LogP contribution < -0.4 is 4.90 Å². The van der Waals surface area contributed by atoms with Crippen LogP contribution in [-0.4, -0.2) is 88.6 Å². The van der Waals surface area contributed by atoms with E-state index in [4.69, 9.17) is 9.47 Å². The summed E-state index contributed by atoms with van der Waals surface area (Å²) in [5.74, 6) is -3.83. The number of nitrogens with zero attached hydrogens (tertiary/aromatic N) is 3. The number of ether oxygens (including phenoxy) is 2. The number of halogens is 1. The molecule has 0 radical (unpaired) electrons. The molecule has 50 heavy (non-hydrogen) atoms. The number of esters is 1. The number of allylic oxidation sites excluding steroid dienone is 1. The van der Waals surface area contributed by atoms with Gasteiger partial charge in [-0.1, -0.05) is 88.7 Å². The maximum absolute atomic E-state index is 15.1. The Hall–Kier alpha value is -4.32. The van der Waals surface area contributed by atoms with Gasteiger partial charge in [0, 0.05) is 30.2 Å². The number of anilines is 1. The quantitative estimate of drug-likeness (QED) is 0.299. The molecule has 3 amide bonds. The maximum Gasteiger partial charge on any atom is 0.313 e. The van der Waals surface area contributed by atoms with Crippen molar-refractivity contribution < 1.29 is 33.8 Å². The summed E-state index contributed by atoms with van der Waals surface area (Å²) in [6.07, 6.45) is 4.43. The van der Waals surface area contributed by atoms with Crippen LogP contribution in [0.4, 0.5) is 5.69 Å². The Morgan fingerprint density at radius 2 is 1.66 bits per heavy atom. The molecule has 4 aliphatic heterocycles. The molecule has 3 aromatic rings. The van der Waals surface area contributed by atoms with Gasteiger partial charge in [-0.05, 0) is 54.8 Å². The molecule has 260 valence electrons. The predicted molar refractivity (Wildman–Crippen MR) is 191 cm³/mol. The van der Waals surface area contributed by atoms with E-state index >= 15 is 4.79 Å². The predicted octanol–water partition coefficient (Wildman–Crippen LogP) is 4.91. The van der Waals surface area contributed by atoms with Gasteiger partial charge in [0.15, 0.2) is 0 Å². The van der Waals surface area contributed by atoms with Crippen molar-refractivity contribution in [3.63, 3.8) is 0 Å². The number of likely N-dealkylation sites (tertiary alicyclic amines) is 1. The Morgan fingerprint density at radius 3 is 2.40 bits per heavy atom. The standard InChI is InChI=1S/C39H40BrN3O7/c1-23(22-44)43-35-37(47)42(28-18-17-25-12-9-10-15-27(25)20-28)19-11-5-8-16-30(45)41(3)24(2)33(26-13-6-4-7-14-26)49-38(48)31-32(36(43)46)39(35)21-29(40)34(31)50-39/h4-7,9-15,17-18,20-21,23-24,31-35,44H,8,16,19,22H2,1-3H3/b11-5-/t23-,24-,31+,32-,33+,34+,35+,39-/m1/s1. The van der Waals surface area contributed by atoms with Crippen LogP contribution in [0.1, 0.15) is 38.4 Å². The van der Waals surface area contributed by atoms with E-state index in [9.17, 15) is 19.5 Å². The fourth-order valence-electron chi connectivity index (χ4n) is 7.99. The SMILES string of the molecule is C[C@@H]1[C@@H](c2ccccc2)OC(=O)[C@@H]2[C@H]3O[C@@]4(C=C3Br)[C@H](C(=O)N(c3ccc5ccccc5c3)C/C=C\CCC(=O)N1C)N([C@H](C)CO)C(=O)[C@@H]24. The lowest BCUT2D eigenvalue weighted by atomic mass is 9.74. The normalized spacial score (nSPS) is 31.5. The number of aliphatic hydroxyl groups excluding tert-OH is 1. The molecule has 2 fully saturated rings. The fraction of sp³-hybridized carbons (Fsp3) is 0.385. The van der Waals surface area contributed by atoms with Crippen molar-refractivity contribution in [3.8, 4) is 0 Å². The molecular formula is C39H40BrN3O7. The summed E-state index contributed by atoms with van der Waals surface area (Å²) in [4.78, 5) is 62.2. The van der Waals surface area contributed by atoms with Gasteiger partial charge < -0.3 is 29.3 Å². The van der Waals surface area contributed by atoms with Crippen molar-refractivity contribution in [2.24, 2.45) is 11.8 Å². The van der Waals surface area contributed by atoms with Crippen molar-refractivity contribution in [2.75, 3.05) is 25.1 Å². The van der Waals surface area contributed by atoms with Crippen molar-refractivity contribution in [1.29, 1.82) is 0 Å². The second-order valence-electron chi connectivity index (χ2n) is 13.6. The van der Waals surface area contributed by atoms with Crippen LogP contribution in [0.25, 0.3) is 10.8 Å². The van der Waals surface area contributed by atoms with E-state index in [1.807, 2.05) is 91.9 Å². The Balaban J connectivity index is 1.37. The minimum Gasteiger partial charge on any atom is -0.455 e. The van der Waals surface area contributed by atoms with E-state index < -0.39 is 72.2 Å². The lowest BCUT2D eigenvalue weighted by molar-refractivity contribution is -0.164. The number of amides is 3. The Labute approximate surface area is 299 Å². The number of fused-ring (bicyclic) bond motifs is 3. The number of likely N-dealkylation sites (N-methyl/N-ethyl adjacent to an activating group) is 1. The van der Waals surface area contributed by atoms with E-state index in [0.29, 0.717) is 22.2 Å². The summed E-state index contributed by atoms with van der Waals surface area (Å²) in [6, 6.07) is 20.3. The van der Waals surface area contributed by atoms with Crippen molar-refractivity contribution >= 4 is 56.1 Å². The summed E-state index contributed by atoms with van der Waals surface area (Å²) in [7, 11) is 1.70. The molecule has 0 saturated carbocycles. The number of carbonyl (C=O) groups excluding carboxylic acids is 4. The average molecular weight is 743 g/mol. The summed E-state index contributed by atoms with van der Waals surface area (Å²) in [5.41, 5.74) is -0.188. The first kappa shape index (κ1) is 34.1. The fourth-order valence-corrected chi connectivity index (χ4v) is 8.72. The number of hydrogen-bond donors (Lipinski definition) is 1. The molecule has 7 rings (SSSR count). The Kier molecular flexibility index (Phi) is 9.17. The van der Waals surface area contributed by atoms with Crippen LogP contribution in [0.15, 0.2) is 95.5 Å². The topological polar surface area (TPSA) is 117 Å². The van der Waals surface area contributed by atoms with E-state index in [2.05, 4.69) is 15.9 Å². The number of aliphatic hydroxyl groups is 1. The molecule has 0 aromatic heterocycles. The first-order valence-corrected chi connectivity index (χ1v) is 17.8. The van der Waals surface area contributed by atoms with Gasteiger partial charge in [0.05, 0.1) is 24.6 Å². The molecule has 4 aliphatic rings. The highest BCUT2D eigenvalue weighted by Gasteiger charge is 2.75. The second-order valence-corrected chi connectivity index (χ2v) is 14.5. The van der Waals surface area contributed by atoms with Crippen molar-refractivity contribution in [2.45, 2.75) is 62.6 Å². The molecule has 11 heteroatoms. The van der Waals surface area contributed by atoms with Crippen LogP contribution in [0, 0.1) is 11.8 Å². The van der Waals surface area contributed by atoms with Gasteiger partial charge in [-0.25, -0.2) is 0 Å². The first-order chi connectivity index (χ1) is 24.1. The average Bonchev–Trinajstić information content (AvgIpc) is 3.73. The summed E-state index contributed by atoms with van der Waals surface area (Å²) in [6.45, 7) is 3.27. The Morgan fingerprint density at radius 1 is 0.940 bits per heavy atom. The summed E-state index contributed by atoms with van der Waals surface area (Å²) in [5, 5.41) is 12.3. The third kappa shape index (κ3) is 5.56. The molecular weight excluding hydrogens is 702 g/mol. The van der Waals surface area contributed by atoms with Gasteiger partial charge in [-0.15, -0.1) is 0 Å². The van der Waals surface area contributed by atoms with Crippen LogP contribution >= 0.6 is 15.9 Å². The molecule has 8 atom stereocenters. The highest BCUT2D eigenvalue weighted by atomic mass is 79.9. The largest absolute Gasteiger partial charge is 0.455 e. The number of carbonyl (C=O) groups is 4. The minimum absolute atomic E-state index is 0.123.